The van der Waals surface area contributed by atoms with E-state index in [1.54, 1.807) is 0 Å². The molecule has 0 amide bonds. The Kier molecular flexibility index (Phi) is 7.71. The molecule has 1 aromatic carbocycles. The van der Waals surface area contributed by atoms with Crippen LogP contribution < -0.4 is 0 Å². The molecular formula is C12H15Br2ClO. The second-order valence-corrected chi connectivity index (χ2v) is 5.54. The zero-order chi connectivity index (χ0) is 11.8. The Morgan fingerprint density at radius 2 is 1.88 bits per heavy atom. The summed E-state index contributed by atoms with van der Waals surface area (Å²) < 4.78 is 5.85. The molecule has 0 heterocycles. The molecule has 90 valence electrons. The fourth-order valence-corrected chi connectivity index (χ4v) is 2.63. The van der Waals surface area contributed by atoms with Crippen molar-refractivity contribution in [2.75, 3.05) is 10.7 Å². The van der Waals surface area contributed by atoms with Gasteiger partial charge in [0.15, 0.2) is 0 Å². The Balaban J connectivity index is 2.41. The molecule has 0 saturated heterocycles. The van der Waals surface area contributed by atoms with Crippen molar-refractivity contribution < 1.29 is 4.74 Å². The third kappa shape index (κ3) is 5.67. The van der Waals surface area contributed by atoms with Gasteiger partial charge in [-0.15, -0.1) is 0 Å². The highest BCUT2D eigenvalue weighted by molar-refractivity contribution is 9.09. The van der Waals surface area contributed by atoms with Crippen LogP contribution in [0.3, 0.4) is 0 Å². The maximum Gasteiger partial charge on any atom is 0.0721 e. The van der Waals surface area contributed by atoms with Crippen molar-refractivity contribution in [1.29, 1.82) is 0 Å². The summed E-state index contributed by atoms with van der Waals surface area (Å²) in [7, 11) is 0. The third-order valence-corrected chi connectivity index (χ3v) is 3.39. The number of benzene rings is 1. The van der Waals surface area contributed by atoms with Crippen molar-refractivity contribution in [3.63, 3.8) is 0 Å². The lowest BCUT2D eigenvalue weighted by molar-refractivity contribution is 0.0377. The minimum Gasteiger partial charge on any atom is -0.373 e. The summed E-state index contributed by atoms with van der Waals surface area (Å²) in [6, 6.07) is 7.80. The van der Waals surface area contributed by atoms with Crippen LogP contribution in [0, 0.1) is 0 Å². The average Bonchev–Trinajstić information content (AvgIpc) is 2.27. The van der Waals surface area contributed by atoms with Crippen LogP contribution in [0.5, 0.6) is 0 Å². The first-order chi connectivity index (χ1) is 7.76. The van der Waals surface area contributed by atoms with Gasteiger partial charge in [-0.25, -0.2) is 0 Å². The first-order valence-electron chi connectivity index (χ1n) is 5.24. The molecule has 16 heavy (non-hydrogen) atoms. The highest BCUT2D eigenvalue weighted by Crippen LogP contribution is 2.15. The third-order valence-electron chi connectivity index (χ3n) is 2.24. The second-order valence-electron chi connectivity index (χ2n) is 3.52. The number of ether oxygens (including phenoxy) is 1. The van der Waals surface area contributed by atoms with E-state index in [2.05, 4.69) is 31.9 Å². The Morgan fingerprint density at radius 3 is 2.44 bits per heavy atom. The summed E-state index contributed by atoms with van der Waals surface area (Å²) in [6.45, 7) is 0.630. The topological polar surface area (TPSA) is 9.23 Å². The molecule has 1 rings (SSSR count). The molecule has 0 aliphatic rings. The molecule has 0 radical (unpaired) electrons. The number of rotatable bonds is 7. The van der Waals surface area contributed by atoms with Gasteiger partial charge >= 0.3 is 0 Å². The monoisotopic (exact) mass is 368 g/mol. The molecule has 0 fully saturated rings. The predicted molar refractivity (Wildman–Crippen MR) is 76.9 cm³/mol. The molecular weight excluding hydrogens is 355 g/mol. The SMILES string of the molecule is Clc1cccc(COC(CCBr)CCBr)c1. The van der Waals surface area contributed by atoms with Gasteiger partial charge in [0.25, 0.3) is 0 Å². The van der Waals surface area contributed by atoms with Gasteiger partial charge in [0.05, 0.1) is 12.7 Å². The zero-order valence-corrected chi connectivity index (χ0v) is 12.9. The normalized spacial score (nSPS) is 11.0. The molecule has 0 atom stereocenters. The summed E-state index contributed by atoms with van der Waals surface area (Å²) in [5.74, 6) is 0. The first kappa shape index (κ1) is 14.5. The number of hydrogen-bond donors (Lipinski definition) is 0. The van der Waals surface area contributed by atoms with E-state index in [0.29, 0.717) is 12.7 Å². The van der Waals surface area contributed by atoms with E-state index in [9.17, 15) is 0 Å². The standard InChI is InChI=1S/C12H15Br2ClO/c13-6-4-12(5-7-14)16-9-10-2-1-3-11(15)8-10/h1-3,8,12H,4-7,9H2. The lowest BCUT2D eigenvalue weighted by Crippen LogP contribution is -2.14. The van der Waals surface area contributed by atoms with Gasteiger partial charge in [0, 0.05) is 15.7 Å². The number of hydrogen-bond acceptors (Lipinski definition) is 1. The molecule has 0 bridgehead atoms. The van der Waals surface area contributed by atoms with Gasteiger partial charge in [-0.05, 0) is 30.5 Å². The molecule has 0 N–H and O–H groups in total. The predicted octanol–water partition coefficient (Wildman–Crippen LogP) is 4.80. The quantitative estimate of drug-likeness (QED) is 0.627. The van der Waals surface area contributed by atoms with Gasteiger partial charge in [-0.3, -0.25) is 0 Å². The smallest absolute Gasteiger partial charge is 0.0721 e. The van der Waals surface area contributed by atoms with Crippen LogP contribution in [-0.2, 0) is 11.3 Å². The summed E-state index contributed by atoms with van der Waals surface area (Å²) in [5.41, 5.74) is 1.13. The lowest BCUT2D eigenvalue weighted by atomic mass is 10.2. The van der Waals surface area contributed by atoms with E-state index in [4.69, 9.17) is 16.3 Å². The maximum atomic E-state index is 5.91. The fourth-order valence-electron chi connectivity index (χ4n) is 1.40. The zero-order valence-electron chi connectivity index (χ0n) is 8.96. The van der Waals surface area contributed by atoms with Crippen molar-refractivity contribution in [2.45, 2.75) is 25.6 Å². The van der Waals surface area contributed by atoms with Crippen LogP contribution in [0.4, 0.5) is 0 Å². The molecule has 4 heteroatoms. The molecule has 0 spiro atoms. The fraction of sp³-hybridized carbons (Fsp3) is 0.500. The minimum absolute atomic E-state index is 0.303. The highest BCUT2D eigenvalue weighted by Gasteiger charge is 2.07. The van der Waals surface area contributed by atoms with E-state index in [-0.39, 0.29) is 0 Å². The maximum absolute atomic E-state index is 5.91. The van der Waals surface area contributed by atoms with Crippen LogP contribution >= 0.6 is 43.5 Å². The molecule has 0 aliphatic carbocycles. The Labute approximate surface area is 119 Å². The second kappa shape index (κ2) is 8.51. The summed E-state index contributed by atoms with van der Waals surface area (Å²) >= 11 is 12.8. The lowest BCUT2D eigenvalue weighted by Gasteiger charge is -2.15. The number of alkyl halides is 2. The van der Waals surface area contributed by atoms with Crippen molar-refractivity contribution >= 4 is 43.5 Å². The molecule has 1 aromatic rings. The Morgan fingerprint density at radius 1 is 1.19 bits per heavy atom. The van der Waals surface area contributed by atoms with E-state index < -0.39 is 0 Å². The van der Waals surface area contributed by atoms with Gasteiger partial charge in [-0.1, -0.05) is 55.6 Å². The van der Waals surface area contributed by atoms with Crippen molar-refractivity contribution in [2.24, 2.45) is 0 Å². The molecule has 0 aromatic heterocycles. The summed E-state index contributed by atoms with van der Waals surface area (Å²) in [6.07, 6.45) is 2.37. The van der Waals surface area contributed by atoms with Crippen molar-refractivity contribution in [3.8, 4) is 0 Å². The molecule has 0 saturated carbocycles. The van der Waals surface area contributed by atoms with E-state index in [0.717, 1.165) is 34.1 Å². The minimum atomic E-state index is 0.303. The molecule has 0 aliphatic heterocycles. The van der Waals surface area contributed by atoms with Crippen molar-refractivity contribution in [1.82, 2.24) is 0 Å². The van der Waals surface area contributed by atoms with E-state index >= 15 is 0 Å². The van der Waals surface area contributed by atoms with Gasteiger partial charge < -0.3 is 4.74 Å². The summed E-state index contributed by atoms with van der Waals surface area (Å²) in [5, 5.41) is 2.71. The van der Waals surface area contributed by atoms with E-state index in [1.807, 2.05) is 24.3 Å². The van der Waals surface area contributed by atoms with Crippen LogP contribution in [0.15, 0.2) is 24.3 Å². The highest BCUT2D eigenvalue weighted by atomic mass is 79.9. The summed E-state index contributed by atoms with van der Waals surface area (Å²) in [4.78, 5) is 0. The van der Waals surface area contributed by atoms with Crippen LogP contribution in [-0.4, -0.2) is 16.8 Å². The van der Waals surface area contributed by atoms with Gasteiger partial charge in [0.2, 0.25) is 0 Å². The number of halogens is 3. The van der Waals surface area contributed by atoms with Crippen LogP contribution in [0.25, 0.3) is 0 Å². The van der Waals surface area contributed by atoms with E-state index in [1.165, 1.54) is 0 Å². The Bertz CT molecular complexity index is 301. The molecule has 1 nitrogen and oxygen atoms in total. The molecule has 0 unspecified atom stereocenters. The van der Waals surface area contributed by atoms with Crippen LogP contribution in [0.1, 0.15) is 18.4 Å². The van der Waals surface area contributed by atoms with Gasteiger partial charge in [-0.2, -0.15) is 0 Å². The first-order valence-corrected chi connectivity index (χ1v) is 7.86. The Hall–Kier alpha value is 0.430. The van der Waals surface area contributed by atoms with Crippen LogP contribution in [0.2, 0.25) is 5.02 Å². The van der Waals surface area contributed by atoms with Gasteiger partial charge in [0.1, 0.15) is 0 Å². The van der Waals surface area contributed by atoms with Crippen molar-refractivity contribution in [3.05, 3.63) is 34.9 Å². The average molecular weight is 371 g/mol. The largest absolute Gasteiger partial charge is 0.373 e.